The van der Waals surface area contributed by atoms with E-state index in [2.05, 4.69) is 5.32 Å². The Bertz CT molecular complexity index is 662. The Morgan fingerprint density at radius 2 is 2.19 bits per heavy atom. The van der Waals surface area contributed by atoms with E-state index in [-0.39, 0.29) is 11.9 Å². The van der Waals surface area contributed by atoms with Gasteiger partial charge in [-0.05, 0) is 31.0 Å². The molecular weight excluding hydrogens is 288 g/mol. The first kappa shape index (κ1) is 14.2. The number of nitrogen functional groups attached to an aromatic ring is 1. The zero-order valence-corrected chi connectivity index (χ0v) is 12.7. The molecule has 5 nitrogen and oxygen atoms in total. The second-order valence-electron chi connectivity index (χ2n) is 5.07. The Hall–Kier alpha value is -1.79. The average molecular weight is 306 g/mol. The van der Waals surface area contributed by atoms with Crippen LogP contribution in [0.2, 0.25) is 0 Å². The molecule has 0 radical (unpaired) electrons. The quantitative estimate of drug-likeness (QED) is 0.913. The van der Waals surface area contributed by atoms with Gasteiger partial charge in [0.1, 0.15) is 10.6 Å². The molecule has 3 N–H and O–H groups in total. The molecule has 1 aromatic heterocycles. The van der Waals surface area contributed by atoms with Crippen molar-refractivity contribution < 1.29 is 14.3 Å². The van der Waals surface area contributed by atoms with Crippen LogP contribution in [-0.2, 0) is 4.74 Å². The van der Waals surface area contributed by atoms with Gasteiger partial charge in [0.25, 0.3) is 5.91 Å². The van der Waals surface area contributed by atoms with Crippen molar-refractivity contribution in [3.8, 4) is 5.75 Å². The predicted octanol–water partition coefficient (Wildman–Crippen LogP) is 2.40. The van der Waals surface area contributed by atoms with E-state index in [4.69, 9.17) is 15.2 Å². The number of methoxy groups -OCH3 is 1. The van der Waals surface area contributed by atoms with Crippen LogP contribution in [0.3, 0.4) is 0 Å². The Balaban J connectivity index is 1.85. The van der Waals surface area contributed by atoms with Gasteiger partial charge in [-0.1, -0.05) is 0 Å². The van der Waals surface area contributed by atoms with Gasteiger partial charge in [-0.15, -0.1) is 11.3 Å². The van der Waals surface area contributed by atoms with Crippen LogP contribution in [0.15, 0.2) is 18.2 Å². The maximum atomic E-state index is 12.4. The Morgan fingerprint density at radius 1 is 1.43 bits per heavy atom. The smallest absolute Gasteiger partial charge is 0.263 e. The number of nitrogens with two attached hydrogens (primary N) is 1. The number of ether oxygens (including phenoxy) is 2. The molecule has 6 heteroatoms. The number of benzene rings is 1. The lowest BCUT2D eigenvalue weighted by Crippen LogP contribution is -2.38. The maximum absolute atomic E-state index is 12.4. The maximum Gasteiger partial charge on any atom is 0.263 e. The van der Waals surface area contributed by atoms with E-state index in [1.54, 1.807) is 7.11 Å². The minimum Gasteiger partial charge on any atom is -0.497 e. The van der Waals surface area contributed by atoms with Gasteiger partial charge in [-0.3, -0.25) is 4.79 Å². The summed E-state index contributed by atoms with van der Waals surface area (Å²) < 4.78 is 11.5. The summed E-state index contributed by atoms with van der Waals surface area (Å²) in [6, 6.07) is 5.82. The number of rotatable bonds is 3. The molecule has 1 fully saturated rings. The molecule has 1 aromatic carbocycles. The number of hydrogen-bond donors (Lipinski definition) is 2. The lowest BCUT2D eigenvalue weighted by Gasteiger charge is -2.22. The number of hydrogen-bond acceptors (Lipinski definition) is 5. The van der Waals surface area contributed by atoms with Gasteiger partial charge in [0.2, 0.25) is 0 Å². The second-order valence-corrected chi connectivity index (χ2v) is 6.12. The number of fused-ring (bicyclic) bond motifs is 1. The average Bonchev–Trinajstić information content (AvgIpc) is 2.85. The summed E-state index contributed by atoms with van der Waals surface area (Å²) in [6.45, 7) is 1.40. The van der Waals surface area contributed by atoms with Crippen molar-refractivity contribution in [2.24, 2.45) is 0 Å². The third-order valence-corrected chi connectivity index (χ3v) is 4.87. The highest BCUT2D eigenvalue weighted by molar-refractivity contribution is 7.21. The minimum absolute atomic E-state index is 0.0976. The monoisotopic (exact) mass is 306 g/mol. The summed E-state index contributed by atoms with van der Waals surface area (Å²) in [5.41, 5.74) is 6.66. The van der Waals surface area contributed by atoms with Crippen LogP contribution in [-0.4, -0.2) is 32.3 Å². The standard InChI is InChI=1S/C15H18N2O3S/c1-19-10-2-3-11-12(8-10)21-14(13(11)16)15(18)17-9-4-6-20-7-5-9/h2-3,8-9H,4-7,16H2,1H3,(H,17,18). The number of amides is 1. The molecule has 112 valence electrons. The van der Waals surface area contributed by atoms with Crippen LogP contribution in [0.4, 0.5) is 5.69 Å². The van der Waals surface area contributed by atoms with Gasteiger partial charge in [-0.25, -0.2) is 0 Å². The molecule has 1 amide bonds. The van der Waals surface area contributed by atoms with Crippen molar-refractivity contribution in [2.45, 2.75) is 18.9 Å². The van der Waals surface area contributed by atoms with Crippen molar-refractivity contribution in [3.05, 3.63) is 23.1 Å². The lowest BCUT2D eigenvalue weighted by molar-refractivity contribution is 0.0699. The van der Waals surface area contributed by atoms with E-state index in [1.807, 2.05) is 18.2 Å². The molecule has 3 rings (SSSR count). The number of carbonyl (C=O) groups excluding carboxylic acids is 1. The van der Waals surface area contributed by atoms with Gasteiger partial charge in [-0.2, -0.15) is 0 Å². The van der Waals surface area contributed by atoms with E-state index >= 15 is 0 Å². The topological polar surface area (TPSA) is 73.6 Å². The highest BCUT2D eigenvalue weighted by Crippen LogP contribution is 2.35. The molecule has 0 aliphatic carbocycles. The first-order chi connectivity index (χ1) is 10.2. The van der Waals surface area contributed by atoms with Crippen LogP contribution >= 0.6 is 11.3 Å². The fourth-order valence-corrected chi connectivity index (χ4v) is 3.54. The van der Waals surface area contributed by atoms with Crippen molar-refractivity contribution >= 4 is 33.0 Å². The Morgan fingerprint density at radius 3 is 2.90 bits per heavy atom. The molecule has 1 aliphatic heterocycles. The highest BCUT2D eigenvalue weighted by atomic mass is 32.1. The Labute approximate surface area is 127 Å². The number of thiophene rings is 1. The van der Waals surface area contributed by atoms with Gasteiger partial charge in [0.05, 0.1) is 12.8 Å². The molecule has 0 atom stereocenters. The molecular formula is C15H18N2O3S. The van der Waals surface area contributed by atoms with Crippen LogP contribution in [0.25, 0.3) is 10.1 Å². The summed E-state index contributed by atoms with van der Waals surface area (Å²) in [4.78, 5) is 13.0. The molecule has 2 aromatic rings. The lowest BCUT2D eigenvalue weighted by atomic mass is 10.1. The molecule has 1 aliphatic rings. The number of nitrogens with one attached hydrogen (secondary N) is 1. The van der Waals surface area contributed by atoms with Crippen molar-refractivity contribution in [1.29, 1.82) is 0 Å². The van der Waals surface area contributed by atoms with Crippen molar-refractivity contribution in [3.63, 3.8) is 0 Å². The molecule has 0 bridgehead atoms. The van der Waals surface area contributed by atoms with E-state index in [0.29, 0.717) is 23.8 Å². The molecule has 0 unspecified atom stereocenters. The normalized spacial score (nSPS) is 16.0. The van der Waals surface area contributed by atoms with E-state index in [0.717, 1.165) is 28.7 Å². The van der Waals surface area contributed by atoms with Crippen LogP contribution < -0.4 is 15.8 Å². The number of carbonyl (C=O) groups is 1. The molecule has 21 heavy (non-hydrogen) atoms. The zero-order chi connectivity index (χ0) is 14.8. The van der Waals surface area contributed by atoms with Gasteiger partial charge in [0.15, 0.2) is 0 Å². The fourth-order valence-electron chi connectivity index (χ4n) is 2.49. The first-order valence-corrected chi connectivity index (χ1v) is 7.75. The van der Waals surface area contributed by atoms with E-state index < -0.39 is 0 Å². The summed E-state index contributed by atoms with van der Waals surface area (Å²) in [5, 5.41) is 3.95. The predicted molar refractivity (Wildman–Crippen MR) is 84.1 cm³/mol. The number of anilines is 1. The highest BCUT2D eigenvalue weighted by Gasteiger charge is 2.21. The Kier molecular flexibility index (Phi) is 3.98. The summed E-state index contributed by atoms with van der Waals surface area (Å²) in [7, 11) is 1.62. The molecule has 1 saturated heterocycles. The van der Waals surface area contributed by atoms with Gasteiger partial charge in [0, 0.05) is 29.3 Å². The van der Waals surface area contributed by atoms with E-state index in [1.165, 1.54) is 11.3 Å². The summed E-state index contributed by atoms with van der Waals surface area (Å²) in [6.07, 6.45) is 1.70. The summed E-state index contributed by atoms with van der Waals surface area (Å²) >= 11 is 1.40. The van der Waals surface area contributed by atoms with Crippen molar-refractivity contribution in [1.82, 2.24) is 5.32 Å². The minimum atomic E-state index is -0.0976. The molecule has 0 saturated carbocycles. The fraction of sp³-hybridized carbons (Fsp3) is 0.400. The van der Waals surface area contributed by atoms with Gasteiger partial charge < -0.3 is 20.5 Å². The third kappa shape index (κ3) is 2.82. The van der Waals surface area contributed by atoms with Crippen LogP contribution in [0.5, 0.6) is 5.75 Å². The SMILES string of the molecule is COc1ccc2c(N)c(C(=O)NC3CCOCC3)sc2c1. The largest absolute Gasteiger partial charge is 0.497 e. The summed E-state index contributed by atoms with van der Waals surface area (Å²) in [5.74, 6) is 0.666. The van der Waals surface area contributed by atoms with Crippen LogP contribution in [0.1, 0.15) is 22.5 Å². The zero-order valence-electron chi connectivity index (χ0n) is 11.8. The van der Waals surface area contributed by atoms with Gasteiger partial charge >= 0.3 is 0 Å². The third-order valence-electron chi connectivity index (χ3n) is 3.70. The molecule has 2 heterocycles. The molecule has 0 spiro atoms. The second kappa shape index (κ2) is 5.91. The van der Waals surface area contributed by atoms with Crippen LogP contribution in [0, 0.1) is 0 Å². The van der Waals surface area contributed by atoms with E-state index in [9.17, 15) is 4.79 Å². The van der Waals surface area contributed by atoms with Crippen molar-refractivity contribution in [2.75, 3.05) is 26.1 Å². The first-order valence-electron chi connectivity index (χ1n) is 6.93.